The third kappa shape index (κ3) is 1.86. The van der Waals surface area contributed by atoms with Crippen LogP contribution in [0.2, 0.25) is 28.3 Å². The summed E-state index contributed by atoms with van der Waals surface area (Å²) in [4.78, 5) is 0. The van der Waals surface area contributed by atoms with Crippen LogP contribution in [-0.4, -0.2) is 33.8 Å². The molecule has 0 saturated carbocycles. The Bertz CT molecular complexity index is 148. The monoisotopic (exact) mass is 256 g/mol. The first-order valence-electron chi connectivity index (χ1n) is 4.50. The molecule has 0 unspecified atom stereocenters. The zero-order valence-electron chi connectivity index (χ0n) is 6.71. The topological polar surface area (TPSA) is 0 Å². The number of hydrogen-bond acceptors (Lipinski definition) is 0. The second kappa shape index (κ2) is 2.99. The SMILES string of the molecule is Cl[Si]12C[SiH2]C[Si](Cl)(C[SiH2]C1)C2. The van der Waals surface area contributed by atoms with E-state index in [1.54, 1.807) is 0 Å². The summed E-state index contributed by atoms with van der Waals surface area (Å²) < 4.78 is 0. The molecule has 0 amide bonds. The summed E-state index contributed by atoms with van der Waals surface area (Å²) in [6.45, 7) is 0. The van der Waals surface area contributed by atoms with E-state index in [1.165, 1.54) is 28.3 Å². The van der Waals surface area contributed by atoms with Crippen molar-refractivity contribution in [1.82, 2.24) is 0 Å². The Hall–Kier alpha value is 1.45. The molecule has 2 fully saturated rings. The molecule has 0 aromatic heterocycles. The molecule has 0 aliphatic carbocycles. The van der Waals surface area contributed by atoms with Crippen LogP contribution in [0, 0.1) is 0 Å². The standard InChI is InChI=1S/C5H14Cl2Si4/c6-10-1-8-2-11(7,5-10)4-9-3-10/h1-5,8-9H2. The first-order chi connectivity index (χ1) is 5.12. The Morgan fingerprint density at radius 3 is 1.45 bits per heavy atom. The summed E-state index contributed by atoms with van der Waals surface area (Å²) in [5.74, 6) is 0. The summed E-state index contributed by atoms with van der Waals surface area (Å²) in [6.07, 6.45) is 0. The van der Waals surface area contributed by atoms with Crippen molar-refractivity contribution < 1.29 is 0 Å². The summed E-state index contributed by atoms with van der Waals surface area (Å²) in [5.41, 5.74) is 7.52. The zero-order chi connectivity index (χ0) is 7.95. The fourth-order valence-electron chi connectivity index (χ4n) is 2.62. The molecule has 0 aromatic rings. The van der Waals surface area contributed by atoms with Crippen molar-refractivity contribution in [2.75, 3.05) is 0 Å². The van der Waals surface area contributed by atoms with Crippen molar-refractivity contribution in [3.8, 4) is 0 Å². The van der Waals surface area contributed by atoms with E-state index in [-0.39, 0.29) is 19.0 Å². The number of halogens is 2. The average Bonchev–Trinajstić information content (AvgIpc) is 1.83. The van der Waals surface area contributed by atoms with Crippen LogP contribution < -0.4 is 0 Å². The van der Waals surface area contributed by atoms with Crippen molar-refractivity contribution >= 4 is 56.0 Å². The van der Waals surface area contributed by atoms with E-state index in [9.17, 15) is 0 Å². The van der Waals surface area contributed by atoms with E-state index in [0.29, 0.717) is 0 Å². The summed E-state index contributed by atoms with van der Waals surface area (Å²) in [6, 6.07) is 0. The minimum Gasteiger partial charge on any atom is -0.168 e. The minimum absolute atomic E-state index is 0.222. The first kappa shape index (κ1) is 9.02. The molecule has 0 atom stereocenters. The Balaban J connectivity index is 2.16. The predicted molar refractivity (Wildman–Crippen MR) is 64.3 cm³/mol. The fourth-order valence-corrected chi connectivity index (χ4v) is 47.6. The van der Waals surface area contributed by atoms with E-state index in [2.05, 4.69) is 0 Å². The lowest BCUT2D eigenvalue weighted by atomic mass is 11.7. The Labute approximate surface area is 84.1 Å². The van der Waals surface area contributed by atoms with Crippen LogP contribution in [0.5, 0.6) is 0 Å². The molecular formula is C5H14Cl2Si4. The molecule has 11 heavy (non-hydrogen) atoms. The van der Waals surface area contributed by atoms with Gasteiger partial charge in [0.25, 0.3) is 0 Å². The minimum atomic E-state index is -1.13. The van der Waals surface area contributed by atoms with Gasteiger partial charge in [0.2, 0.25) is 0 Å². The van der Waals surface area contributed by atoms with Crippen LogP contribution >= 0.6 is 22.2 Å². The van der Waals surface area contributed by atoms with Gasteiger partial charge in [-0.05, 0) is 5.67 Å². The van der Waals surface area contributed by atoms with Crippen molar-refractivity contribution in [3.63, 3.8) is 0 Å². The highest BCUT2D eigenvalue weighted by atomic mass is 35.6. The van der Waals surface area contributed by atoms with Crippen LogP contribution in [0.3, 0.4) is 0 Å². The molecule has 0 aromatic carbocycles. The van der Waals surface area contributed by atoms with Gasteiger partial charge in [0.1, 0.15) is 14.8 Å². The van der Waals surface area contributed by atoms with Gasteiger partial charge in [-0.2, -0.15) is 22.2 Å². The molecule has 2 saturated heterocycles. The van der Waals surface area contributed by atoms with Crippen LogP contribution in [0.4, 0.5) is 0 Å². The first-order valence-corrected chi connectivity index (χ1v) is 15.8. The van der Waals surface area contributed by atoms with Crippen molar-refractivity contribution in [2.24, 2.45) is 0 Å². The summed E-state index contributed by atoms with van der Waals surface area (Å²) in [7, 11) is -1.82. The van der Waals surface area contributed by atoms with E-state index < -0.39 is 14.8 Å². The van der Waals surface area contributed by atoms with Crippen LogP contribution in [0.1, 0.15) is 0 Å². The summed E-state index contributed by atoms with van der Waals surface area (Å²) in [5, 5.41) is 0. The second-order valence-electron chi connectivity index (χ2n) is 4.19. The highest BCUT2D eigenvalue weighted by Crippen LogP contribution is 2.44. The molecular weight excluding hydrogens is 243 g/mol. The van der Waals surface area contributed by atoms with Gasteiger partial charge in [-0.1, -0.05) is 22.7 Å². The Kier molecular flexibility index (Phi) is 2.45. The maximum Gasteiger partial charge on any atom is 0.149 e. The number of fused-ring (bicyclic) bond motifs is 2. The van der Waals surface area contributed by atoms with E-state index in [1.807, 2.05) is 0 Å². The van der Waals surface area contributed by atoms with E-state index >= 15 is 0 Å². The molecule has 2 aliphatic rings. The van der Waals surface area contributed by atoms with Crippen LogP contribution in [0.25, 0.3) is 0 Å². The van der Waals surface area contributed by atoms with Gasteiger partial charge in [-0.3, -0.25) is 0 Å². The Morgan fingerprint density at radius 1 is 0.818 bits per heavy atom. The third-order valence-electron chi connectivity index (χ3n) is 3.13. The molecule has 2 rings (SSSR count). The lowest BCUT2D eigenvalue weighted by molar-refractivity contribution is 1.44. The lowest BCUT2D eigenvalue weighted by Gasteiger charge is -2.42. The number of hydrogen-bond donors (Lipinski definition) is 0. The lowest BCUT2D eigenvalue weighted by Crippen LogP contribution is -2.53. The van der Waals surface area contributed by atoms with Crippen molar-refractivity contribution in [2.45, 2.75) is 28.3 Å². The van der Waals surface area contributed by atoms with Crippen LogP contribution in [-0.2, 0) is 0 Å². The second-order valence-corrected chi connectivity index (χ2v) is 24.4. The molecule has 0 N–H and O–H groups in total. The third-order valence-corrected chi connectivity index (χ3v) is 37.4. The largest absolute Gasteiger partial charge is 0.168 e. The predicted octanol–water partition coefficient (Wildman–Crippen LogP) is 1.09. The highest BCUT2D eigenvalue weighted by Gasteiger charge is 2.49. The molecule has 0 radical (unpaired) electrons. The molecule has 0 spiro atoms. The van der Waals surface area contributed by atoms with Gasteiger partial charge in [0, 0.05) is 19.0 Å². The van der Waals surface area contributed by atoms with E-state index in [0.717, 1.165) is 0 Å². The van der Waals surface area contributed by atoms with Crippen molar-refractivity contribution in [1.29, 1.82) is 0 Å². The van der Waals surface area contributed by atoms with Crippen LogP contribution in [0.15, 0.2) is 0 Å². The highest BCUT2D eigenvalue weighted by molar-refractivity contribution is 7.40. The molecule has 2 bridgehead atoms. The molecule has 0 nitrogen and oxygen atoms in total. The molecule has 2 heterocycles. The molecule has 6 heteroatoms. The Morgan fingerprint density at radius 2 is 1.18 bits per heavy atom. The van der Waals surface area contributed by atoms with Gasteiger partial charge in [-0.15, -0.1) is 0 Å². The van der Waals surface area contributed by atoms with Gasteiger partial charge in [0.05, 0.1) is 0 Å². The maximum atomic E-state index is 6.65. The van der Waals surface area contributed by atoms with Crippen molar-refractivity contribution in [3.05, 3.63) is 0 Å². The van der Waals surface area contributed by atoms with Gasteiger partial charge in [0.15, 0.2) is 0 Å². The molecule has 2 aliphatic heterocycles. The quantitative estimate of drug-likeness (QED) is 0.450. The fraction of sp³-hybridized carbons (Fsp3) is 1.00. The van der Waals surface area contributed by atoms with Gasteiger partial charge < -0.3 is 0 Å². The van der Waals surface area contributed by atoms with E-state index in [4.69, 9.17) is 22.2 Å². The smallest absolute Gasteiger partial charge is 0.149 e. The van der Waals surface area contributed by atoms with Gasteiger partial charge >= 0.3 is 0 Å². The molecule has 64 valence electrons. The zero-order valence-corrected chi connectivity index (χ0v) is 13.0. The normalized spacial score (nSPS) is 55.1. The maximum absolute atomic E-state index is 6.65. The number of rotatable bonds is 0. The summed E-state index contributed by atoms with van der Waals surface area (Å²) >= 11 is 13.3. The van der Waals surface area contributed by atoms with Gasteiger partial charge in [-0.25, -0.2) is 0 Å². The average molecular weight is 257 g/mol.